The summed E-state index contributed by atoms with van der Waals surface area (Å²) in [5, 5.41) is 7.63. The minimum absolute atomic E-state index is 0.00686. The van der Waals surface area contributed by atoms with Gasteiger partial charge in [-0.1, -0.05) is 60.7 Å². The molecule has 2 heterocycles. The predicted octanol–water partition coefficient (Wildman–Crippen LogP) is 5.25. The van der Waals surface area contributed by atoms with Crippen LogP contribution in [-0.4, -0.2) is 15.3 Å². The summed E-state index contributed by atoms with van der Waals surface area (Å²) in [5.74, 6) is 0.123. The highest BCUT2D eigenvalue weighted by atomic mass is 32.1. The van der Waals surface area contributed by atoms with Crippen molar-refractivity contribution >= 4 is 33.0 Å². The molecule has 1 N–H and O–H groups in total. The maximum atomic E-state index is 13.0. The van der Waals surface area contributed by atoms with Gasteiger partial charge < -0.3 is 5.32 Å². The van der Waals surface area contributed by atoms with Crippen molar-refractivity contribution in [3.05, 3.63) is 95.1 Å². The van der Waals surface area contributed by atoms with E-state index in [9.17, 15) is 4.79 Å². The third-order valence-corrected chi connectivity index (χ3v) is 6.99. The van der Waals surface area contributed by atoms with Gasteiger partial charge in [0.25, 0.3) is 0 Å². The van der Waals surface area contributed by atoms with E-state index in [0.29, 0.717) is 6.54 Å². The summed E-state index contributed by atoms with van der Waals surface area (Å²) in [6.07, 6.45) is 3.67. The fourth-order valence-electron chi connectivity index (χ4n) is 4.63. The second-order valence-electron chi connectivity index (χ2n) is 8.12. The number of fused-ring (bicyclic) bond motifs is 3. The Morgan fingerprint density at radius 2 is 1.74 bits per heavy atom. The number of amides is 1. The molecule has 1 amide bonds. The molecule has 1 aliphatic carbocycles. The quantitative estimate of drug-likeness (QED) is 0.429. The van der Waals surface area contributed by atoms with Crippen molar-refractivity contribution in [2.75, 3.05) is 0 Å². The van der Waals surface area contributed by atoms with Gasteiger partial charge in [0.05, 0.1) is 17.9 Å². The van der Waals surface area contributed by atoms with Gasteiger partial charge in [0.2, 0.25) is 5.91 Å². The molecule has 0 spiro atoms. The maximum absolute atomic E-state index is 13.0. The number of aromatic nitrogens is 2. The molecule has 0 aliphatic heterocycles. The number of rotatable bonds is 4. The first-order valence-electron chi connectivity index (χ1n) is 10.5. The number of hydrogen-bond donors (Lipinski definition) is 1. The Balaban J connectivity index is 1.29. The van der Waals surface area contributed by atoms with Crippen molar-refractivity contribution in [2.45, 2.75) is 19.4 Å². The highest BCUT2D eigenvalue weighted by Crippen LogP contribution is 2.30. The highest BCUT2D eigenvalue weighted by Gasteiger charge is 2.27. The van der Waals surface area contributed by atoms with E-state index in [4.69, 9.17) is 4.98 Å². The lowest BCUT2D eigenvalue weighted by Crippen LogP contribution is -2.31. The minimum atomic E-state index is 0.00686. The smallest absolute Gasteiger partial charge is 0.224 e. The minimum Gasteiger partial charge on any atom is -0.350 e. The van der Waals surface area contributed by atoms with E-state index in [1.54, 1.807) is 11.3 Å². The first-order chi connectivity index (χ1) is 15.3. The molecule has 6 rings (SSSR count). The van der Waals surface area contributed by atoms with E-state index in [-0.39, 0.29) is 11.8 Å². The molecular weight excluding hydrogens is 402 g/mol. The van der Waals surface area contributed by atoms with Gasteiger partial charge in [0.1, 0.15) is 0 Å². The number of hydrogen-bond acceptors (Lipinski definition) is 3. The molecule has 3 aromatic carbocycles. The van der Waals surface area contributed by atoms with Crippen molar-refractivity contribution < 1.29 is 4.79 Å². The Kier molecular flexibility index (Phi) is 4.35. The number of carbonyl (C=O) groups is 1. The van der Waals surface area contributed by atoms with Crippen LogP contribution >= 0.6 is 11.3 Å². The predicted molar refractivity (Wildman–Crippen MR) is 125 cm³/mol. The van der Waals surface area contributed by atoms with Crippen LogP contribution in [0.15, 0.2) is 78.3 Å². The van der Waals surface area contributed by atoms with Crippen molar-refractivity contribution in [1.29, 1.82) is 0 Å². The van der Waals surface area contributed by atoms with Gasteiger partial charge in [0, 0.05) is 23.1 Å². The standard InChI is InChI=1S/C26H21N3OS/c30-25(22-14-19-7-3-4-8-20(19)15-22)27-16-23-24(28-26-29(23)11-12-31-26)21-10-9-17-5-1-2-6-18(17)13-21/h1-13,22H,14-16H2,(H,27,30). The van der Waals surface area contributed by atoms with Crippen molar-refractivity contribution in [3.8, 4) is 11.3 Å². The van der Waals surface area contributed by atoms with E-state index >= 15 is 0 Å². The van der Waals surface area contributed by atoms with Crippen LogP contribution in [0.25, 0.3) is 27.0 Å². The summed E-state index contributed by atoms with van der Waals surface area (Å²) >= 11 is 1.61. The molecular formula is C26H21N3OS. The van der Waals surface area contributed by atoms with Gasteiger partial charge in [-0.25, -0.2) is 4.98 Å². The zero-order valence-electron chi connectivity index (χ0n) is 16.9. The Bertz CT molecular complexity index is 1410. The molecule has 5 aromatic rings. The number of thiazole rings is 1. The Morgan fingerprint density at radius 1 is 1.00 bits per heavy atom. The molecule has 0 saturated carbocycles. The molecule has 0 bridgehead atoms. The molecule has 4 nitrogen and oxygen atoms in total. The fourth-order valence-corrected chi connectivity index (χ4v) is 5.36. The first-order valence-corrected chi connectivity index (χ1v) is 11.4. The number of imidazole rings is 1. The lowest BCUT2D eigenvalue weighted by Gasteiger charge is -2.11. The molecule has 0 atom stereocenters. The summed E-state index contributed by atoms with van der Waals surface area (Å²) in [5.41, 5.74) is 5.63. The van der Waals surface area contributed by atoms with Crippen LogP contribution in [0.1, 0.15) is 16.8 Å². The first kappa shape index (κ1) is 18.3. The lowest BCUT2D eigenvalue weighted by molar-refractivity contribution is -0.124. The number of nitrogens with zero attached hydrogens (tertiary/aromatic N) is 2. The van der Waals surface area contributed by atoms with Crippen LogP contribution in [0.5, 0.6) is 0 Å². The molecule has 5 heteroatoms. The van der Waals surface area contributed by atoms with Gasteiger partial charge >= 0.3 is 0 Å². The Hall–Kier alpha value is -3.44. The van der Waals surface area contributed by atoms with E-state index in [1.165, 1.54) is 21.9 Å². The van der Waals surface area contributed by atoms with E-state index in [2.05, 4.69) is 76.4 Å². The molecule has 0 fully saturated rings. The molecule has 0 saturated heterocycles. The van der Waals surface area contributed by atoms with Crippen molar-refractivity contribution in [1.82, 2.24) is 14.7 Å². The third kappa shape index (κ3) is 3.22. The average Bonchev–Trinajstić information content (AvgIpc) is 3.51. The van der Waals surface area contributed by atoms with Gasteiger partial charge in [-0.15, -0.1) is 11.3 Å². The lowest BCUT2D eigenvalue weighted by atomic mass is 10.0. The van der Waals surface area contributed by atoms with Crippen LogP contribution in [0.3, 0.4) is 0 Å². The fraction of sp³-hybridized carbons (Fsp3) is 0.154. The van der Waals surface area contributed by atoms with Crippen LogP contribution in [0, 0.1) is 5.92 Å². The summed E-state index contributed by atoms with van der Waals surface area (Å²) in [6, 6.07) is 23.1. The molecule has 1 aliphatic rings. The monoisotopic (exact) mass is 423 g/mol. The maximum Gasteiger partial charge on any atom is 0.224 e. The molecule has 2 aromatic heterocycles. The van der Waals surface area contributed by atoms with Gasteiger partial charge in [-0.3, -0.25) is 9.20 Å². The second-order valence-corrected chi connectivity index (χ2v) is 8.99. The summed E-state index contributed by atoms with van der Waals surface area (Å²) in [6.45, 7) is 0.464. The zero-order valence-corrected chi connectivity index (χ0v) is 17.7. The van der Waals surface area contributed by atoms with Crippen LogP contribution in [0.4, 0.5) is 0 Å². The topological polar surface area (TPSA) is 46.4 Å². The molecule has 31 heavy (non-hydrogen) atoms. The van der Waals surface area contributed by atoms with Crippen molar-refractivity contribution in [2.24, 2.45) is 5.92 Å². The largest absolute Gasteiger partial charge is 0.350 e. The average molecular weight is 424 g/mol. The summed E-state index contributed by atoms with van der Waals surface area (Å²) in [7, 11) is 0. The zero-order chi connectivity index (χ0) is 20.8. The SMILES string of the molecule is O=C(NCc1c(-c2ccc3ccccc3c2)nc2sccn12)C1Cc2ccccc2C1. The molecule has 0 radical (unpaired) electrons. The van der Waals surface area contributed by atoms with Crippen LogP contribution < -0.4 is 5.32 Å². The van der Waals surface area contributed by atoms with E-state index in [0.717, 1.165) is 34.8 Å². The van der Waals surface area contributed by atoms with Gasteiger partial charge in [0.15, 0.2) is 4.96 Å². The molecule has 152 valence electrons. The third-order valence-electron chi connectivity index (χ3n) is 6.24. The van der Waals surface area contributed by atoms with Gasteiger partial charge in [-0.2, -0.15) is 0 Å². The summed E-state index contributed by atoms with van der Waals surface area (Å²) < 4.78 is 2.10. The highest BCUT2D eigenvalue weighted by molar-refractivity contribution is 7.15. The normalized spacial score (nSPS) is 13.7. The van der Waals surface area contributed by atoms with E-state index in [1.807, 2.05) is 11.6 Å². The van der Waals surface area contributed by atoms with Crippen molar-refractivity contribution in [3.63, 3.8) is 0 Å². The Labute approximate surface area is 184 Å². The number of nitrogens with one attached hydrogen (secondary N) is 1. The molecule has 0 unspecified atom stereocenters. The number of benzene rings is 3. The second kappa shape index (κ2) is 7.36. The van der Waals surface area contributed by atoms with Crippen LogP contribution in [0.2, 0.25) is 0 Å². The van der Waals surface area contributed by atoms with Gasteiger partial charge in [-0.05, 0) is 40.8 Å². The summed E-state index contributed by atoms with van der Waals surface area (Å²) in [4.78, 5) is 18.8. The van der Waals surface area contributed by atoms with Crippen LogP contribution in [-0.2, 0) is 24.2 Å². The number of carbonyl (C=O) groups excluding carboxylic acids is 1. The van der Waals surface area contributed by atoms with E-state index < -0.39 is 0 Å². The Morgan fingerprint density at radius 3 is 2.55 bits per heavy atom.